The number of hydrogen-bond donors (Lipinski definition) is 3. The number of sulfonamides is 1. The molecule has 0 aliphatic heterocycles. The van der Waals surface area contributed by atoms with Crippen molar-refractivity contribution in [2.45, 2.75) is 69.4 Å². The van der Waals surface area contributed by atoms with Gasteiger partial charge >= 0.3 is 5.97 Å². The van der Waals surface area contributed by atoms with Crippen molar-refractivity contribution < 1.29 is 23.1 Å². The van der Waals surface area contributed by atoms with Gasteiger partial charge in [0.05, 0.1) is 16.4 Å². The third kappa shape index (κ3) is 5.29. The number of rotatable bonds is 5. The maximum atomic E-state index is 12.6. The Morgan fingerprint density at radius 1 is 1.15 bits per heavy atom. The van der Waals surface area contributed by atoms with Gasteiger partial charge in [-0.15, -0.1) is 0 Å². The number of hydrogen-bond acceptors (Lipinski definition) is 4. The summed E-state index contributed by atoms with van der Waals surface area (Å²) >= 11 is 0. The molecule has 1 aromatic carbocycles. The summed E-state index contributed by atoms with van der Waals surface area (Å²) in [6, 6.07) is 5.63. The van der Waals surface area contributed by atoms with E-state index in [9.17, 15) is 23.1 Å². The molecule has 0 heterocycles. The molecule has 0 radical (unpaired) electrons. The summed E-state index contributed by atoms with van der Waals surface area (Å²) in [6.45, 7) is 7.00. The standard InChI is InChI=1S/C19H28N2O5S/c1-18(2,3)21-27(25,26)14-10-8-13(9-11-14)16(22)20-19(4)12-6-5-7-15(19)17(23)24/h8-11,15,21H,5-7,12H2,1-4H3,(H,20,22)(H,23,24). The SMILES string of the molecule is CC(C)(C)NS(=O)(=O)c1ccc(C(=O)NC2(C)CCCCC2C(=O)O)cc1. The minimum Gasteiger partial charge on any atom is -0.481 e. The molecule has 27 heavy (non-hydrogen) atoms. The van der Waals surface area contributed by atoms with Gasteiger partial charge in [-0.3, -0.25) is 9.59 Å². The molecule has 2 rings (SSSR count). The Kier molecular flexibility index (Phi) is 6.01. The van der Waals surface area contributed by atoms with Crippen LogP contribution < -0.4 is 10.0 Å². The van der Waals surface area contributed by atoms with Crippen LogP contribution in [0.3, 0.4) is 0 Å². The van der Waals surface area contributed by atoms with Crippen LogP contribution in [-0.2, 0) is 14.8 Å². The fourth-order valence-electron chi connectivity index (χ4n) is 3.46. The Balaban J connectivity index is 2.17. The summed E-state index contributed by atoms with van der Waals surface area (Å²) in [4.78, 5) is 24.2. The second-order valence-corrected chi connectivity index (χ2v) is 10.1. The molecule has 7 nitrogen and oxygen atoms in total. The largest absolute Gasteiger partial charge is 0.481 e. The van der Waals surface area contributed by atoms with Crippen molar-refractivity contribution >= 4 is 21.9 Å². The number of carboxylic acids is 1. The highest BCUT2D eigenvalue weighted by Crippen LogP contribution is 2.34. The zero-order valence-corrected chi connectivity index (χ0v) is 17.0. The first-order valence-electron chi connectivity index (χ1n) is 9.03. The first kappa shape index (κ1) is 21.4. The van der Waals surface area contributed by atoms with E-state index < -0.39 is 38.9 Å². The molecule has 1 amide bonds. The van der Waals surface area contributed by atoms with Gasteiger partial charge in [-0.2, -0.15) is 0 Å². The molecular formula is C19H28N2O5S. The first-order chi connectivity index (χ1) is 12.3. The van der Waals surface area contributed by atoms with E-state index in [1.54, 1.807) is 27.7 Å². The lowest BCUT2D eigenvalue weighted by Crippen LogP contribution is -2.55. The van der Waals surface area contributed by atoms with Gasteiger partial charge in [-0.1, -0.05) is 12.8 Å². The summed E-state index contributed by atoms with van der Waals surface area (Å²) < 4.78 is 27.2. The Labute approximate surface area is 160 Å². The molecule has 150 valence electrons. The Morgan fingerprint density at radius 2 is 1.74 bits per heavy atom. The third-order valence-electron chi connectivity index (χ3n) is 4.77. The number of aliphatic carboxylic acids is 1. The number of benzene rings is 1. The molecule has 0 bridgehead atoms. The van der Waals surface area contributed by atoms with Gasteiger partial charge in [0.2, 0.25) is 10.0 Å². The number of amides is 1. The van der Waals surface area contributed by atoms with Crippen molar-refractivity contribution in [1.29, 1.82) is 0 Å². The van der Waals surface area contributed by atoms with E-state index in [-0.39, 0.29) is 4.90 Å². The predicted molar refractivity (Wildman–Crippen MR) is 102 cm³/mol. The third-order valence-corrected chi connectivity index (χ3v) is 6.55. The second kappa shape index (κ2) is 7.59. The number of carboxylic acid groups (broad SMARTS) is 1. The monoisotopic (exact) mass is 396 g/mol. The van der Waals surface area contributed by atoms with Crippen LogP contribution >= 0.6 is 0 Å². The van der Waals surface area contributed by atoms with E-state index >= 15 is 0 Å². The Bertz CT molecular complexity index is 811. The average Bonchev–Trinajstić information content (AvgIpc) is 2.52. The number of nitrogens with one attached hydrogen (secondary N) is 2. The highest BCUT2D eigenvalue weighted by atomic mass is 32.2. The molecule has 3 N–H and O–H groups in total. The highest BCUT2D eigenvalue weighted by Gasteiger charge is 2.42. The van der Waals surface area contributed by atoms with Crippen LogP contribution in [0.15, 0.2) is 29.2 Å². The second-order valence-electron chi connectivity index (χ2n) is 8.39. The molecule has 0 spiro atoms. The maximum Gasteiger partial charge on any atom is 0.308 e. The van der Waals surface area contributed by atoms with Crippen LogP contribution in [0.4, 0.5) is 0 Å². The predicted octanol–water partition coefficient (Wildman–Crippen LogP) is 2.53. The highest BCUT2D eigenvalue weighted by molar-refractivity contribution is 7.89. The first-order valence-corrected chi connectivity index (χ1v) is 10.5. The van der Waals surface area contributed by atoms with Gasteiger partial charge in [0.25, 0.3) is 5.91 Å². The van der Waals surface area contributed by atoms with Crippen LogP contribution in [0.1, 0.15) is 63.7 Å². The summed E-state index contributed by atoms with van der Waals surface area (Å²) in [6.07, 6.45) is 2.81. The van der Waals surface area contributed by atoms with Crippen LogP contribution in [0, 0.1) is 5.92 Å². The summed E-state index contributed by atoms with van der Waals surface area (Å²) in [5.41, 5.74) is -1.14. The molecule has 1 fully saturated rings. The molecular weight excluding hydrogens is 368 g/mol. The van der Waals surface area contributed by atoms with E-state index in [2.05, 4.69) is 10.0 Å². The van der Waals surface area contributed by atoms with Gasteiger partial charge in [0, 0.05) is 11.1 Å². The minimum absolute atomic E-state index is 0.0706. The lowest BCUT2D eigenvalue weighted by atomic mass is 9.73. The molecule has 2 atom stereocenters. The topological polar surface area (TPSA) is 113 Å². The van der Waals surface area contributed by atoms with E-state index in [4.69, 9.17) is 0 Å². The lowest BCUT2D eigenvalue weighted by molar-refractivity contribution is -0.145. The summed E-state index contributed by atoms with van der Waals surface area (Å²) in [5, 5.41) is 12.3. The van der Waals surface area contributed by atoms with E-state index in [0.29, 0.717) is 18.4 Å². The normalized spacial score (nSPS) is 23.6. The van der Waals surface area contributed by atoms with Gasteiger partial charge in [0.1, 0.15) is 0 Å². The van der Waals surface area contributed by atoms with Gasteiger partial charge in [0.15, 0.2) is 0 Å². The molecule has 0 aromatic heterocycles. The summed E-state index contributed by atoms with van der Waals surface area (Å²) in [5.74, 6) is -1.95. The molecule has 8 heteroatoms. The number of carbonyl (C=O) groups excluding carboxylic acids is 1. The zero-order chi connectivity index (χ0) is 20.5. The van der Waals surface area contributed by atoms with Crippen molar-refractivity contribution in [3.8, 4) is 0 Å². The summed E-state index contributed by atoms with van der Waals surface area (Å²) in [7, 11) is -3.68. The van der Waals surface area contributed by atoms with Crippen molar-refractivity contribution in [2.24, 2.45) is 5.92 Å². The lowest BCUT2D eigenvalue weighted by Gasteiger charge is -2.39. The fourth-order valence-corrected chi connectivity index (χ4v) is 4.88. The molecule has 1 aliphatic rings. The van der Waals surface area contributed by atoms with Gasteiger partial charge < -0.3 is 10.4 Å². The van der Waals surface area contributed by atoms with Crippen molar-refractivity contribution in [2.75, 3.05) is 0 Å². The van der Waals surface area contributed by atoms with E-state index in [1.165, 1.54) is 24.3 Å². The van der Waals surface area contributed by atoms with Gasteiger partial charge in [-0.05, 0) is 64.8 Å². The molecule has 1 saturated carbocycles. The Morgan fingerprint density at radius 3 is 2.26 bits per heavy atom. The van der Waals surface area contributed by atoms with Crippen LogP contribution in [0.25, 0.3) is 0 Å². The average molecular weight is 397 g/mol. The fraction of sp³-hybridized carbons (Fsp3) is 0.579. The van der Waals surface area contributed by atoms with Crippen LogP contribution in [0.5, 0.6) is 0 Å². The van der Waals surface area contributed by atoms with Crippen molar-refractivity contribution in [1.82, 2.24) is 10.0 Å². The molecule has 1 aromatic rings. The van der Waals surface area contributed by atoms with Crippen molar-refractivity contribution in [3.63, 3.8) is 0 Å². The van der Waals surface area contributed by atoms with Crippen LogP contribution in [-0.4, -0.2) is 36.5 Å². The number of carbonyl (C=O) groups is 2. The minimum atomic E-state index is -3.68. The zero-order valence-electron chi connectivity index (χ0n) is 16.2. The Hall–Kier alpha value is -1.93. The van der Waals surface area contributed by atoms with E-state index in [0.717, 1.165) is 12.8 Å². The smallest absolute Gasteiger partial charge is 0.308 e. The molecule has 0 saturated heterocycles. The van der Waals surface area contributed by atoms with Gasteiger partial charge in [-0.25, -0.2) is 13.1 Å². The van der Waals surface area contributed by atoms with Crippen molar-refractivity contribution in [3.05, 3.63) is 29.8 Å². The molecule has 1 aliphatic carbocycles. The van der Waals surface area contributed by atoms with E-state index in [1.807, 2.05) is 0 Å². The quantitative estimate of drug-likeness (QED) is 0.708. The molecule has 2 unspecified atom stereocenters. The van der Waals surface area contributed by atoms with Crippen LogP contribution in [0.2, 0.25) is 0 Å². The maximum absolute atomic E-state index is 12.6.